The van der Waals surface area contributed by atoms with Crippen molar-refractivity contribution >= 4 is 5.91 Å². The third-order valence-corrected chi connectivity index (χ3v) is 7.24. The van der Waals surface area contributed by atoms with Gasteiger partial charge in [-0.05, 0) is 67.5 Å². The van der Waals surface area contributed by atoms with E-state index in [0.29, 0.717) is 24.7 Å². The maximum Gasteiger partial charge on any atom is 0.254 e. The van der Waals surface area contributed by atoms with Crippen LogP contribution >= 0.6 is 0 Å². The summed E-state index contributed by atoms with van der Waals surface area (Å²) in [5.41, 5.74) is 7.85. The molecule has 0 radical (unpaired) electrons. The largest absolute Gasteiger partial charge is 0.374 e. The Hall–Kier alpha value is -3.43. The van der Waals surface area contributed by atoms with E-state index >= 15 is 0 Å². The molecule has 174 valence electrons. The van der Waals surface area contributed by atoms with E-state index in [2.05, 4.69) is 31.0 Å². The number of H-pyrrole nitrogens is 1. The number of imidazole rings is 1. The molecule has 3 heterocycles. The van der Waals surface area contributed by atoms with Crippen molar-refractivity contribution in [3.63, 3.8) is 0 Å². The Morgan fingerprint density at radius 2 is 1.88 bits per heavy atom. The van der Waals surface area contributed by atoms with Crippen LogP contribution in [0.4, 0.5) is 0 Å². The smallest absolute Gasteiger partial charge is 0.254 e. The van der Waals surface area contributed by atoms with E-state index in [9.17, 15) is 4.79 Å². The number of nitriles is 1. The van der Waals surface area contributed by atoms with Crippen molar-refractivity contribution in [3.8, 4) is 17.5 Å². The molecular formula is C28H30N4O2. The van der Waals surface area contributed by atoms with Crippen LogP contribution in [0.25, 0.3) is 11.4 Å². The molecule has 6 heteroatoms. The van der Waals surface area contributed by atoms with Crippen molar-refractivity contribution in [2.24, 2.45) is 0 Å². The molecule has 0 aliphatic carbocycles. The Kier molecular flexibility index (Phi) is 5.97. The molecule has 1 saturated heterocycles. The van der Waals surface area contributed by atoms with Gasteiger partial charge in [-0.3, -0.25) is 4.79 Å². The lowest BCUT2D eigenvalue weighted by molar-refractivity contribution is 0.0712. The number of rotatable bonds is 3. The first-order chi connectivity index (χ1) is 16.4. The number of nitrogens with zero attached hydrogens (tertiary/aromatic N) is 3. The number of aryl methyl sites for hydroxylation is 2. The molecule has 0 saturated carbocycles. The van der Waals surface area contributed by atoms with E-state index in [0.717, 1.165) is 65.4 Å². The van der Waals surface area contributed by atoms with Crippen LogP contribution in [-0.4, -0.2) is 40.5 Å². The zero-order chi connectivity index (χ0) is 23.8. The predicted octanol–water partition coefficient (Wildman–Crippen LogP) is 5.22. The number of amides is 1. The van der Waals surface area contributed by atoms with E-state index in [-0.39, 0.29) is 11.8 Å². The zero-order valence-corrected chi connectivity index (χ0v) is 20.0. The highest BCUT2D eigenvalue weighted by Gasteiger charge is 2.27. The number of aromatic nitrogens is 2. The van der Waals surface area contributed by atoms with Crippen LogP contribution in [0, 0.1) is 25.2 Å². The third kappa shape index (κ3) is 4.12. The SMILES string of the molecule is Cc1cc(C)c(-c2nc3c([nH]2)COCC3C)cc1C(=O)N1CCC(c2ccc(C#N)cc2)CC1. The fraction of sp³-hybridized carbons (Fsp3) is 0.393. The molecule has 1 unspecified atom stereocenters. The van der Waals surface area contributed by atoms with Gasteiger partial charge in [-0.25, -0.2) is 4.98 Å². The van der Waals surface area contributed by atoms with E-state index in [1.54, 1.807) is 0 Å². The monoisotopic (exact) mass is 454 g/mol. The molecule has 2 aliphatic heterocycles. The molecule has 5 rings (SSSR count). The van der Waals surface area contributed by atoms with Crippen molar-refractivity contribution in [2.45, 2.75) is 52.1 Å². The van der Waals surface area contributed by atoms with Crippen LogP contribution in [0.1, 0.15) is 75.6 Å². The molecule has 1 atom stereocenters. The van der Waals surface area contributed by atoms with Crippen LogP contribution in [-0.2, 0) is 11.3 Å². The fourth-order valence-electron chi connectivity index (χ4n) is 5.24. The van der Waals surface area contributed by atoms with Crippen molar-refractivity contribution in [1.82, 2.24) is 14.9 Å². The fourth-order valence-corrected chi connectivity index (χ4v) is 5.24. The summed E-state index contributed by atoms with van der Waals surface area (Å²) >= 11 is 0. The van der Waals surface area contributed by atoms with Gasteiger partial charge in [-0.1, -0.05) is 25.1 Å². The number of ether oxygens (including phenoxy) is 1. The highest BCUT2D eigenvalue weighted by Crippen LogP contribution is 2.32. The van der Waals surface area contributed by atoms with E-state index in [1.165, 1.54) is 5.56 Å². The van der Waals surface area contributed by atoms with Gasteiger partial charge in [0.2, 0.25) is 0 Å². The van der Waals surface area contributed by atoms with Gasteiger partial charge < -0.3 is 14.6 Å². The molecule has 0 bridgehead atoms. The number of carbonyl (C=O) groups is 1. The molecule has 1 N–H and O–H groups in total. The van der Waals surface area contributed by atoms with Gasteiger partial charge >= 0.3 is 0 Å². The summed E-state index contributed by atoms with van der Waals surface area (Å²) in [7, 11) is 0. The summed E-state index contributed by atoms with van der Waals surface area (Å²) in [6.45, 7) is 8.91. The van der Waals surface area contributed by atoms with Crippen molar-refractivity contribution in [3.05, 3.63) is 75.6 Å². The Bertz CT molecular complexity index is 1260. The molecule has 6 nitrogen and oxygen atoms in total. The minimum Gasteiger partial charge on any atom is -0.374 e. The molecule has 0 spiro atoms. The second-order valence-corrected chi connectivity index (χ2v) is 9.65. The Morgan fingerprint density at radius 1 is 1.15 bits per heavy atom. The van der Waals surface area contributed by atoms with Gasteiger partial charge in [-0.2, -0.15) is 5.26 Å². The van der Waals surface area contributed by atoms with Crippen molar-refractivity contribution < 1.29 is 9.53 Å². The van der Waals surface area contributed by atoms with Crippen molar-refractivity contribution in [2.75, 3.05) is 19.7 Å². The number of aromatic amines is 1. The minimum absolute atomic E-state index is 0.0880. The lowest BCUT2D eigenvalue weighted by atomic mass is 9.88. The summed E-state index contributed by atoms with van der Waals surface area (Å²) in [5.74, 6) is 1.58. The van der Waals surface area contributed by atoms with E-state index in [4.69, 9.17) is 15.0 Å². The molecular weight excluding hydrogens is 424 g/mol. The topological polar surface area (TPSA) is 82.0 Å². The second-order valence-electron chi connectivity index (χ2n) is 9.65. The number of benzene rings is 2. The number of nitrogens with one attached hydrogen (secondary N) is 1. The van der Waals surface area contributed by atoms with E-state index < -0.39 is 0 Å². The van der Waals surface area contributed by atoms with E-state index in [1.807, 2.05) is 42.2 Å². The summed E-state index contributed by atoms with van der Waals surface area (Å²) < 4.78 is 5.65. The molecule has 1 aromatic heterocycles. The molecule has 1 amide bonds. The normalized spacial score (nSPS) is 18.4. The first kappa shape index (κ1) is 22.4. The third-order valence-electron chi connectivity index (χ3n) is 7.24. The number of likely N-dealkylation sites (tertiary alicyclic amines) is 1. The average molecular weight is 455 g/mol. The lowest BCUT2D eigenvalue weighted by Gasteiger charge is -2.32. The highest BCUT2D eigenvalue weighted by atomic mass is 16.5. The predicted molar refractivity (Wildman–Crippen MR) is 131 cm³/mol. The molecule has 1 fully saturated rings. The highest BCUT2D eigenvalue weighted by molar-refractivity contribution is 5.97. The van der Waals surface area contributed by atoms with Crippen LogP contribution < -0.4 is 0 Å². The Morgan fingerprint density at radius 3 is 2.56 bits per heavy atom. The van der Waals surface area contributed by atoms with Crippen molar-refractivity contribution in [1.29, 1.82) is 5.26 Å². The number of carbonyl (C=O) groups excluding carboxylic acids is 1. The van der Waals surface area contributed by atoms with Gasteiger partial charge in [0.1, 0.15) is 5.82 Å². The average Bonchev–Trinajstić information content (AvgIpc) is 3.29. The van der Waals surface area contributed by atoms with Crippen LogP contribution in [0.15, 0.2) is 36.4 Å². The second kappa shape index (κ2) is 9.08. The van der Waals surface area contributed by atoms with Crippen LogP contribution in [0.3, 0.4) is 0 Å². The maximum absolute atomic E-state index is 13.5. The van der Waals surface area contributed by atoms with Crippen LogP contribution in [0.5, 0.6) is 0 Å². The summed E-state index contributed by atoms with van der Waals surface area (Å²) in [5, 5.41) is 9.02. The van der Waals surface area contributed by atoms with Gasteiger partial charge in [0.15, 0.2) is 0 Å². The molecule has 34 heavy (non-hydrogen) atoms. The standard InChI is InChI=1S/C28H30N4O2/c1-17-12-18(2)24(13-23(17)27-30-25-16-34-15-19(3)26(25)31-27)28(33)32-10-8-22(9-11-32)21-6-4-20(14-29)5-7-21/h4-7,12-13,19,22H,8-11,15-16H2,1-3H3,(H,30,31). The number of hydrogen-bond donors (Lipinski definition) is 1. The quantitative estimate of drug-likeness (QED) is 0.588. The maximum atomic E-state index is 13.5. The molecule has 2 aromatic carbocycles. The lowest BCUT2D eigenvalue weighted by Crippen LogP contribution is -2.38. The van der Waals surface area contributed by atoms with Crippen LogP contribution in [0.2, 0.25) is 0 Å². The summed E-state index contributed by atoms with van der Waals surface area (Å²) in [6, 6.07) is 14.1. The number of fused-ring (bicyclic) bond motifs is 1. The van der Waals surface area contributed by atoms with Gasteiger partial charge in [0, 0.05) is 30.1 Å². The first-order valence-electron chi connectivity index (χ1n) is 12.0. The van der Waals surface area contributed by atoms with Gasteiger partial charge in [-0.15, -0.1) is 0 Å². The summed E-state index contributed by atoms with van der Waals surface area (Å²) in [6.07, 6.45) is 1.86. The number of piperidine rings is 1. The Balaban J connectivity index is 1.35. The van der Waals surface area contributed by atoms with Gasteiger partial charge in [0.25, 0.3) is 5.91 Å². The molecule has 3 aromatic rings. The zero-order valence-electron chi connectivity index (χ0n) is 20.0. The Labute approximate surface area is 200 Å². The first-order valence-corrected chi connectivity index (χ1v) is 12.0. The number of hydrogen-bond acceptors (Lipinski definition) is 4. The van der Waals surface area contributed by atoms with Gasteiger partial charge in [0.05, 0.1) is 36.2 Å². The summed E-state index contributed by atoms with van der Waals surface area (Å²) in [4.78, 5) is 23.8. The molecule has 2 aliphatic rings. The minimum atomic E-state index is 0.0880.